The van der Waals surface area contributed by atoms with Crippen molar-refractivity contribution in [2.45, 2.75) is 25.8 Å². The molecule has 0 aliphatic carbocycles. The molecule has 90 valence electrons. The van der Waals surface area contributed by atoms with E-state index in [2.05, 4.69) is 17.0 Å². The predicted octanol–water partition coefficient (Wildman–Crippen LogP) is 2.36. The fourth-order valence-electron chi connectivity index (χ4n) is 2.30. The Morgan fingerprint density at radius 3 is 2.76 bits per heavy atom. The fraction of sp³-hybridized carbons (Fsp3) is 0.500. The average Bonchev–Trinajstić information content (AvgIpc) is 2.84. The number of rotatable bonds is 4. The molecule has 0 atom stereocenters. The molecule has 0 bridgehead atoms. The molecule has 1 aromatic carbocycles. The summed E-state index contributed by atoms with van der Waals surface area (Å²) in [4.78, 5) is 2.45. The smallest absolute Gasteiger partial charge is 0.123 e. The molecule has 1 aliphatic heterocycles. The summed E-state index contributed by atoms with van der Waals surface area (Å²) in [5.41, 5.74) is 2.24. The summed E-state index contributed by atoms with van der Waals surface area (Å²) < 4.78 is 5.41. The van der Waals surface area contributed by atoms with Crippen LogP contribution >= 0.6 is 0 Å². The first-order valence-electron chi connectivity index (χ1n) is 6.08. The van der Waals surface area contributed by atoms with Crippen molar-refractivity contribution in [1.29, 1.82) is 5.26 Å². The molecule has 0 unspecified atom stereocenters. The van der Waals surface area contributed by atoms with Crippen LogP contribution in [-0.2, 0) is 13.0 Å². The van der Waals surface area contributed by atoms with Crippen molar-refractivity contribution in [2.24, 2.45) is 0 Å². The van der Waals surface area contributed by atoms with Gasteiger partial charge >= 0.3 is 0 Å². The Bertz CT molecular complexity index is 417. The molecule has 1 aliphatic rings. The van der Waals surface area contributed by atoms with Crippen LogP contribution in [0.2, 0.25) is 0 Å². The summed E-state index contributed by atoms with van der Waals surface area (Å²) in [5, 5.41) is 8.68. The normalized spacial score (nSPS) is 15.8. The molecule has 0 radical (unpaired) electrons. The molecule has 0 amide bonds. The summed E-state index contributed by atoms with van der Waals surface area (Å²) in [7, 11) is 1.69. The van der Waals surface area contributed by atoms with Gasteiger partial charge in [-0.2, -0.15) is 5.26 Å². The second kappa shape index (κ2) is 5.70. The van der Waals surface area contributed by atoms with Crippen molar-refractivity contribution in [3.8, 4) is 11.8 Å². The molecule has 0 spiro atoms. The summed E-state index contributed by atoms with van der Waals surface area (Å²) in [6.07, 6.45) is 3.05. The number of hydrogen-bond acceptors (Lipinski definition) is 3. The molecule has 1 saturated heterocycles. The maximum Gasteiger partial charge on any atom is 0.123 e. The third-order valence-corrected chi connectivity index (χ3v) is 3.23. The SMILES string of the molecule is COc1cc(CC#N)ccc1CN1CCCC1. The number of nitriles is 1. The van der Waals surface area contributed by atoms with Crippen molar-refractivity contribution < 1.29 is 4.74 Å². The van der Waals surface area contributed by atoms with Gasteiger partial charge in [-0.3, -0.25) is 4.90 Å². The first kappa shape index (κ1) is 11.9. The van der Waals surface area contributed by atoms with Crippen LogP contribution in [0.5, 0.6) is 5.75 Å². The number of nitrogens with zero attached hydrogens (tertiary/aromatic N) is 2. The highest BCUT2D eigenvalue weighted by Gasteiger charge is 2.14. The lowest BCUT2D eigenvalue weighted by atomic mass is 10.1. The minimum Gasteiger partial charge on any atom is -0.496 e. The van der Waals surface area contributed by atoms with Gasteiger partial charge in [-0.25, -0.2) is 0 Å². The van der Waals surface area contributed by atoms with E-state index in [0.29, 0.717) is 6.42 Å². The van der Waals surface area contributed by atoms with E-state index in [0.717, 1.165) is 17.9 Å². The molecule has 0 N–H and O–H groups in total. The highest BCUT2D eigenvalue weighted by Crippen LogP contribution is 2.23. The van der Waals surface area contributed by atoms with E-state index in [1.54, 1.807) is 7.11 Å². The molecule has 1 fully saturated rings. The minimum atomic E-state index is 0.445. The van der Waals surface area contributed by atoms with Crippen LogP contribution in [0.4, 0.5) is 0 Å². The number of likely N-dealkylation sites (tertiary alicyclic amines) is 1. The zero-order valence-electron chi connectivity index (χ0n) is 10.3. The summed E-state index contributed by atoms with van der Waals surface area (Å²) in [6, 6.07) is 8.25. The Kier molecular flexibility index (Phi) is 4.00. The van der Waals surface area contributed by atoms with Gasteiger partial charge in [0.15, 0.2) is 0 Å². The Hall–Kier alpha value is -1.53. The predicted molar refractivity (Wildman–Crippen MR) is 66.8 cm³/mol. The number of methoxy groups -OCH3 is 1. The highest BCUT2D eigenvalue weighted by atomic mass is 16.5. The van der Waals surface area contributed by atoms with Crippen molar-refractivity contribution in [1.82, 2.24) is 4.90 Å². The van der Waals surface area contributed by atoms with Gasteiger partial charge < -0.3 is 4.74 Å². The molecule has 3 heteroatoms. The topological polar surface area (TPSA) is 36.3 Å². The highest BCUT2D eigenvalue weighted by molar-refractivity contribution is 5.38. The Morgan fingerprint density at radius 1 is 1.35 bits per heavy atom. The molecule has 0 aromatic heterocycles. The van der Waals surface area contributed by atoms with Gasteiger partial charge in [0, 0.05) is 12.1 Å². The second-order valence-corrected chi connectivity index (χ2v) is 4.46. The van der Waals surface area contributed by atoms with Gasteiger partial charge in [0.1, 0.15) is 5.75 Å². The number of ether oxygens (including phenoxy) is 1. The van der Waals surface area contributed by atoms with E-state index in [-0.39, 0.29) is 0 Å². The van der Waals surface area contributed by atoms with Gasteiger partial charge in [0.05, 0.1) is 19.6 Å². The Balaban J connectivity index is 2.12. The van der Waals surface area contributed by atoms with Crippen LogP contribution in [0.1, 0.15) is 24.0 Å². The van der Waals surface area contributed by atoms with Crippen molar-refractivity contribution in [3.63, 3.8) is 0 Å². The van der Waals surface area contributed by atoms with E-state index in [9.17, 15) is 0 Å². The van der Waals surface area contributed by atoms with Crippen molar-refractivity contribution >= 4 is 0 Å². The Labute approximate surface area is 103 Å². The van der Waals surface area contributed by atoms with Crippen LogP contribution in [-0.4, -0.2) is 25.1 Å². The van der Waals surface area contributed by atoms with E-state index in [1.165, 1.54) is 31.5 Å². The average molecular weight is 230 g/mol. The molecule has 0 saturated carbocycles. The number of hydrogen-bond donors (Lipinski definition) is 0. The van der Waals surface area contributed by atoms with Crippen molar-refractivity contribution in [3.05, 3.63) is 29.3 Å². The zero-order valence-corrected chi connectivity index (χ0v) is 10.3. The van der Waals surface area contributed by atoms with Gasteiger partial charge in [0.2, 0.25) is 0 Å². The maximum absolute atomic E-state index is 8.68. The third-order valence-electron chi connectivity index (χ3n) is 3.23. The quantitative estimate of drug-likeness (QED) is 0.796. The molecular weight excluding hydrogens is 212 g/mol. The van der Waals surface area contributed by atoms with E-state index in [1.807, 2.05) is 12.1 Å². The monoisotopic (exact) mass is 230 g/mol. The molecule has 3 nitrogen and oxygen atoms in total. The minimum absolute atomic E-state index is 0.445. The summed E-state index contributed by atoms with van der Waals surface area (Å²) in [6.45, 7) is 3.32. The van der Waals surface area contributed by atoms with Crippen LogP contribution in [0.25, 0.3) is 0 Å². The lowest BCUT2D eigenvalue weighted by Crippen LogP contribution is -2.18. The standard InChI is InChI=1S/C14H18N2O/c1-17-14-10-12(6-7-15)4-5-13(14)11-16-8-2-3-9-16/h4-5,10H,2-3,6,8-9,11H2,1H3. The van der Waals surface area contributed by atoms with Crippen molar-refractivity contribution in [2.75, 3.05) is 20.2 Å². The third kappa shape index (κ3) is 2.98. The molecular formula is C14H18N2O. The van der Waals surface area contributed by atoms with Gasteiger partial charge in [0.25, 0.3) is 0 Å². The second-order valence-electron chi connectivity index (χ2n) is 4.46. The van der Waals surface area contributed by atoms with Gasteiger partial charge in [-0.1, -0.05) is 12.1 Å². The van der Waals surface area contributed by atoms with Crippen LogP contribution < -0.4 is 4.74 Å². The molecule has 1 aromatic rings. The first-order chi connectivity index (χ1) is 8.33. The molecule has 17 heavy (non-hydrogen) atoms. The molecule has 1 heterocycles. The van der Waals surface area contributed by atoms with Gasteiger partial charge in [-0.05, 0) is 37.6 Å². The Morgan fingerprint density at radius 2 is 2.12 bits per heavy atom. The zero-order chi connectivity index (χ0) is 12.1. The van der Waals surface area contributed by atoms with E-state index >= 15 is 0 Å². The first-order valence-corrected chi connectivity index (χ1v) is 6.08. The van der Waals surface area contributed by atoms with Crippen LogP contribution in [0.15, 0.2) is 18.2 Å². The van der Waals surface area contributed by atoms with Crippen LogP contribution in [0, 0.1) is 11.3 Å². The van der Waals surface area contributed by atoms with Gasteiger partial charge in [-0.15, -0.1) is 0 Å². The summed E-state index contributed by atoms with van der Waals surface area (Å²) in [5.74, 6) is 0.907. The lowest BCUT2D eigenvalue weighted by Gasteiger charge is -2.17. The summed E-state index contributed by atoms with van der Waals surface area (Å²) >= 11 is 0. The fourth-order valence-corrected chi connectivity index (χ4v) is 2.30. The lowest BCUT2D eigenvalue weighted by molar-refractivity contribution is 0.321. The largest absolute Gasteiger partial charge is 0.496 e. The van der Waals surface area contributed by atoms with E-state index < -0.39 is 0 Å². The molecule has 2 rings (SSSR count). The number of benzene rings is 1. The van der Waals surface area contributed by atoms with Crippen LogP contribution in [0.3, 0.4) is 0 Å². The maximum atomic E-state index is 8.68. The van der Waals surface area contributed by atoms with E-state index in [4.69, 9.17) is 10.00 Å².